The second kappa shape index (κ2) is 8.26. The van der Waals surface area contributed by atoms with Crippen molar-refractivity contribution in [2.45, 2.75) is 39.4 Å². The van der Waals surface area contributed by atoms with Gasteiger partial charge in [-0.25, -0.2) is 0 Å². The Morgan fingerprint density at radius 3 is 2.42 bits per heavy atom. The molecule has 0 saturated carbocycles. The molecule has 1 heterocycles. The van der Waals surface area contributed by atoms with E-state index in [1.165, 1.54) is 0 Å². The van der Waals surface area contributed by atoms with E-state index in [1.807, 2.05) is 26.0 Å². The highest BCUT2D eigenvalue weighted by molar-refractivity contribution is 5.94. The summed E-state index contributed by atoms with van der Waals surface area (Å²) in [6.07, 6.45) is 0.974. The highest BCUT2D eigenvalue weighted by Crippen LogP contribution is 2.30. The van der Waals surface area contributed by atoms with Gasteiger partial charge in [0.05, 0.1) is 18.1 Å². The summed E-state index contributed by atoms with van der Waals surface area (Å²) in [7, 11) is 0. The van der Waals surface area contributed by atoms with Crippen LogP contribution < -0.4 is 5.32 Å². The summed E-state index contributed by atoms with van der Waals surface area (Å²) in [5, 5.41) is 12.2. The number of benzene rings is 1. The SMILES string of the molecule is CC(C)OCc1ccc(C(=O)NCC2(C(=O)O)CCOCC2)cc1. The summed E-state index contributed by atoms with van der Waals surface area (Å²) < 4.78 is 10.7. The van der Waals surface area contributed by atoms with E-state index < -0.39 is 11.4 Å². The molecule has 1 amide bonds. The monoisotopic (exact) mass is 335 g/mol. The molecule has 0 unspecified atom stereocenters. The average molecular weight is 335 g/mol. The van der Waals surface area contributed by atoms with Crippen LogP contribution in [0.4, 0.5) is 0 Å². The maximum absolute atomic E-state index is 12.3. The van der Waals surface area contributed by atoms with Gasteiger partial charge in [0.15, 0.2) is 0 Å². The molecule has 1 aromatic rings. The number of carboxylic acid groups (broad SMARTS) is 1. The summed E-state index contributed by atoms with van der Waals surface area (Å²) in [4.78, 5) is 23.8. The van der Waals surface area contributed by atoms with Gasteiger partial charge in [-0.2, -0.15) is 0 Å². The molecule has 132 valence electrons. The Labute approximate surface area is 142 Å². The minimum Gasteiger partial charge on any atom is -0.481 e. The molecule has 6 heteroatoms. The van der Waals surface area contributed by atoms with Crippen LogP contribution in [0.15, 0.2) is 24.3 Å². The van der Waals surface area contributed by atoms with Gasteiger partial charge in [-0.1, -0.05) is 12.1 Å². The van der Waals surface area contributed by atoms with Gasteiger partial charge in [0.1, 0.15) is 0 Å². The Kier molecular flexibility index (Phi) is 6.34. The highest BCUT2D eigenvalue weighted by atomic mass is 16.5. The largest absolute Gasteiger partial charge is 0.481 e. The zero-order chi connectivity index (χ0) is 17.6. The Hall–Kier alpha value is -1.92. The smallest absolute Gasteiger partial charge is 0.311 e. The summed E-state index contributed by atoms with van der Waals surface area (Å²) in [5.41, 5.74) is 0.571. The van der Waals surface area contributed by atoms with Crippen molar-refractivity contribution in [2.75, 3.05) is 19.8 Å². The molecule has 1 aromatic carbocycles. The van der Waals surface area contributed by atoms with E-state index in [0.717, 1.165) is 5.56 Å². The summed E-state index contributed by atoms with van der Waals surface area (Å²) in [5.74, 6) is -1.15. The van der Waals surface area contributed by atoms with Gasteiger partial charge >= 0.3 is 5.97 Å². The van der Waals surface area contributed by atoms with Crippen LogP contribution in [0.25, 0.3) is 0 Å². The molecule has 2 N–H and O–H groups in total. The molecule has 0 atom stereocenters. The maximum atomic E-state index is 12.3. The van der Waals surface area contributed by atoms with E-state index in [-0.39, 0.29) is 18.6 Å². The van der Waals surface area contributed by atoms with Crippen molar-refractivity contribution in [2.24, 2.45) is 5.41 Å². The molecule has 1 fully saturated rings. The first kappa shape index (κ1) is 18.4. The average Bonchev–Trinajstić information content (AvgIpc) is 2.59. The van der Waals surface area contributed by atoms with Gasteiger partial charge < -0.3 is 19.9 Å². The molecule has 0 bridgehead atoms. The molecule has 0 spiro atoms. The van der Waals surface area contributed by atoms with Crippen LogP contribution in [0, 0.1) is 5.41 Å². The van der Waals surface area contributed by atoms with E-state index in [4.69, 9.17) is 9.47 Å². The summed E-state index contributed by atoms with van der Waals surface area (Å²) in [6, 6.07) is 7.15. The van der Waals surface area contributed by atoms with E-state index in [9.17, 15) is 14.7 Å². The normalized spacial score (nSPS) is 16.8. The number of amides is 1. The van der Waals surface area contributed by atoms with Gasteiger partial charge in [-0.3, -0.25) is 9.59 Å². The van der Waals surface area contributed by atoms with E-state index >= 15 is 0 Å². The third kappa shape index (κ3) is 4.79. The molecule has 1 saturated heterocycles. The molecule has 0 radical (unpaired) electrons. The van der Waals surface area contributed by atoms with Gasteiger partial charge in [-0.05, 0) is 44.4 Å². The van der Waals surface area contributed by atoms with Crippen LogP contribution in [-0.4, -0.2) is 42.8 Å². The quantitative estimate of drug-likeness (QED) is 0.798. The number of rotatable bonds is 7. The highest BCUT2D eigenvalue weighted by Gasteiger charge is 2.40. The van der Waals surface area contributed by atoms with Crippen LogP contribution in [0.2, 0.25) is 0 Å². The van der Waals surface area contributed by atoms with Crippen LogP contribution in [-0.2, 0) is 20.9 Å². The number of nitrogens with one attached hydrogen (secondary N) is 1. The summed E-state index contributed by atoms with van der Waals surface area (Å²) in [6.45, 7) is 5.37. The number of hydrogen-bond donors (Lipinski definition) is 2. The Balaban J connectivity index is 1.93. The molecule has 0 aromatic heterocycles. The first-order chi connectivity index (χ1) is 11.4. The number of carbonyl (C=O) groups excluding carboxylic acids is 1. The van der Waals surface area contributed by atoms with Crippen LogP contribution in [0.1, 0.15) is 42.6 Å². The predicted molar refractivity (Wildman–Crippen MR) is 88.8 cm³/mol. The van der Waals surface area contributed by atoms with Gasteiger partial charge in [0.25, 0.3) is 5.91 Å². The third-order valence-corrected chi connectivity index (χ3v) is 4.29. The molecular formula is C18H25NO5. The zero-order valence-electron chi connectivity index (χ0n) is 14.2. The zero-order valence-corrected chi connectivity index (χ0v) is 14.2. The number of carboxylic acids is 1. The van der Waals surface area contributed by atoms with Crippen molar-refractivity contribution < 1.29 is 24.2 Å². The molecule has 1 aliphatic rings. The van der Waals surface area contributed by atoms with Crippen LogP contribution in [0.5, 0.6) is 0 Å². The number of carbonyl (C=O) groups is 2. The molecule has 0 aliphatic carbocycles. The second-order valence-electron chi connectivity index (χ2n) is 6.44. The lowest BCUT2D eigenvalue weighted by molar-refractivity contribution is -0.154. The Morgan fingerprint density at radius 1 is 1.25 bits per heavy atom. The molecule has 2 rings (SSSR count). The lowest BCUT2D eigenvalue weighted by Crippen LogP contribution is -2.46. The maximum Gasteiger partial charge on any atom is 0.311 e. The molecule has 6 nitrogen and oxygen atoms in total. The van der Waals surface area contributed by atoms with Crippen molar-refractivity contribution in [3.05, 3.63) is 35.4 Å². The van der Waals surface area contributed by atoms with Crippen LogP contribution >= 0.6 is 0 Å². The van der Waals surface area contributed by atoms with Crippen LogP contribution in [0.3, 0.4) is 0 Å². The van der Waals surface area contributed by atoms with Gasteiger partial charge in [0.2, 0.25) is 0 Å². The first-order valence-corrected chi connectivity index (χ1v) is 8.23. The van der Waals surface area contributed by atoms with E-state index in [0.29, 0.717) is 38.2 Å². The molecule has 1 aliphatic heterocycles. The lowest BCUT2D eigenvalue weighted by Gasteiger charge is -2.33. The van der Waals surface area contributed by atoms with Crippen molar-refractivity contribution in [1.29, 1.82) is 0 Å². The van der Waals surface area contributed by atoms with Crippen molar-refractivity contribution in [1.82, 2.24) is 5.32 Å². The fourth-order valence-corrected chi connectivity index (χ4v) is 2.60. The standard InChI is InChI=1S/C18H25NO5/c1-13(2)24-11-14-3-5-15(6-4-14)16(20)19-12-18(17(21)22)7-9-23-10-8-18/h3-6,13H,7-12H2,1-2H3,(H,19,20)(H,21,22). The fourth-order valence-electron chi connectivity index (χ4n) is 2.60. The van der Waals surface area contributed by atoms with Crippen molar-refractivity contribution in [3.8, 4) is 0 Å². The first-order valence-electron chi connectivity index (χ1n) is 8.23. The number of aliphatic carboxylic acids is 1. The van der Waals surface area contributed by atoms with Crippen molar-refractivity contribution in [3.63, 3.8) is 0 Å². The molecule has 24 heavy (non-hydrogen) atoms. The Morgan fingerprint density at radius 2 is 1.88 bits per heavy atom. The van der Waals surface area contributed by atoms with E-state index in [1.54, 1.807) is 12.1 Å². The summed E-state index contributed by atoms with van der Waals surface area (Å²) >= 11 is 0. The van der Waals surface area contributed by atoms with Gasteiger partial charge in [-0.15, -0.1) is 0 Å². The Bertz CT molecular complexity index is 561. The van der Waals surface area contributed by atoms with Gasteiger partial charge in [0, 0.05) is 25.3 Å². The number of hydrogen-bond acceptors (Lipinski definition) is 4. The topological polar surface area (TPSA) is 84.9 Å². The minimum atomic E-state index is -0.932. The minimum absolute atomic E-state index is 0.114. The third-order valence-electron chi connectivity index (χ3n) is 4.29. The number of ether oxygens (including phenoxy) is 2. The molecular weight excluding hydrogens is 310 g/mol. The van der Waals surface area contributed by atoms with Crippen molar-refractivity contribution >= 4 is 11.9 Å². The second-order valence-corrected chi connectivity index (χ2v) is 6.44. The van der Waals surface area contributed by atoms with E-state index in [2.05, 4.69) is 5.32 Å². The fraction of sp³-hybridized carbons (Fsp3) is 0.556. The predicted octanol–water partition coefficient (Wildman–Crippen LogP) is 2.22. The lowest BCUT2D eigenvalue weighted by atomic mass is 9.80.